The van der Waals surface area contributed by atoms with Gasteiger partial charge in [-0.25, -0.2) is 4.79 Å². The molecule has 0 spiro atoms. The summed E-state index contributed by atoms with van der Waals surface area (Å²) < 4.78 is 10.7. The summed E-state index contributed by atoms with van der Waals surface area (Å²) in [6, 6.07) is 7.18. The van der Waals surface area contributed by atoms with E-state index in [1.165, 1.54) is 26.5 Å². The Labute approximate surface area is 120 Å². The Hall–Kier alpha value is -1.55. The molecule has 2 rings (SSSR count). The topological polar surface area (TPSA) is 38.8 Å². The normalized spacial score (nSPS) is 21.2. The van der Waals surface area contributed by atoms with Crippen LogP contribution in [0.3, 0.4) is 0 Å². The summed E-state index contributed by atoms with van der Waals surface area (Å²) >= 11 is 0. The molecule has 0 aliphatic carbocycles. The summed E-state index contributed by atoms with van der Waals surface area (Å²) in [6.07, 6.45) is 2.56. The van der Waals surface area contributed by atoms with Crippen molar-refractivity contribution < 1.29 is 14.3 Å². The molecule has 1 aliphatic rings. The minimum atomic E-state index is -0.333. The highest BCUT2D eigenvalue weighted by molar-refractivity contribution is 5.89. The molecule has 0 saturated carbocycles. The minimum absolute atomic E-state index is 0.144. The molecule has 0 bridgehead atoms. The van der Waals surface area contributed by atoms with E-state index in [1.54, 1.807) is 12.1 Å². The van der Waals surface area contributed by atoms with Crippen molar-refractivity contribution in [3.8, 4) is 5.75 Å². The van der Waals surface area contributed by atoms with Crippen molar-refractivity contribution in [3.05, 3.63) is 29.8 Å². The number of nitrogens with zero attached hydrogens (tertiary/aromatic N) is 1. The Kier molecular flexibility index (Phi) is 5.01. The first-order chi connectivity index (χ1) is 9.60. The fourth-order valence-electron chi connectivity index (χ4n) is 2.71. The number of piperidine rings is 1. The van der Waals surface area contributed by atoms with E-state index in [9.17, 15) is 4.79 Å². The number of methoxy groups -OCH3 is 1. The lowest BCUT2D eigenvalue weighted by molar-refractivity contribution is 0.0598. The van der Waals surface area contributed by atoms with E-state index in [2.05, 4.69) is 18.9 Å². The molecule has 2 atom stereocenters. The summed E-state index contributed by atoms with van der Waals surface area (Å²) in [7, 11) is 3.53. The zero-order chi connectivity index (χ0) is 14.5. The molecule has 1 saturated heterocycles. The Morgan fingerprint density at radius 3 is 2.95 bits per heavy atom. The van der Waals surface area contributed by atoms with E-state index in [-0.39, 0.29) is 12.1 Å². The zero-order valence-electron chi connectivity index (χ0n) is 12.5. The number of ether oxygens (including phenoxy) is 2. The quantitative estimate of drug-likeness (QED) is 0.793. The molecule has 1 aliphatic heterocycles. The third kappa shape index (κ3) is 3.73. The third-order valence-electron chi connectivity index (χ3n) is 3.90. The molecular formula is C16H23NO3. The summed E-state index contributed by atoms with van der Waals surface area (Å²) in [5, 5.41) is 0. The van der Waals surface area contributed by atoms with Crippen LogP contribution in [0.4, 0.5) is 0 Å². The van der Waals surface area contributed by atoms with Gasteiger partial charge in [0, 0.05) is 12.5 Å². The van der Waals surface area contributed by atoms with Crippen LogP contribution in [0.25, 0.3) is 0 Å². The Bertz CT molecular complexity index is 461. The molecule has 2 unspecified atom stereocenters. The van der Waals surface area contributed by atoms with Crippen molar-refractivity contribution in [1.29, 1.82) is 0 Å². The summed E-state index contributed by atoms with van der Waals surface area (Å²) in [4.78, 5) is 13.9. The van der Waals surface area contributed by atoms with Gasteiger partial charge in [0.1, 0.15) is 5.75 Å². The number of esters is 1. The van der Waals surface area contributed by atoms with Gasteiger partial charge in [0.15, 0.2) is 0 Å². The number of likely N-dealkylation sites (tertiary alicyclic amines) is 1. The Balaban J connectivity index is 2.00. The van der Waals surface area contributed by atoms with Crippen LogP contribution in [0.15, 0.2) is 24.3 Å². The van der Waals surface area contributed by atoms with Crippen LogP contribution in [0.5, 0.6) is 5.75 Å². The van der Waals surface area contributed by atoms with Gasteiger partial charge in [-0.2, -0.15) is 0 Å². The van der Waals surface area contributed by atoms with E-state index in [4.69, 9.17) is 9.47 Å². The molecule has 1 heterocycles. The highest BCUT2D eigenvalue weighted by atomic mass is 16.5. The Morgan fingerprint density at radius 2 is 2.25 bits per heavy atom. The number of carbonyl (C=O) groups excluding carboxylic acids is 1. The molecule has 0 amide bonds. The molecule has 20 heavy (non-hydrogen) atoms. The van der Waals surface area contributed by atoms with Crippen molar-refractivity contribution in [3.63, 3.8) is 0 Å². The fourth-order valence-corrected chi connectivity index (χ4v) is 2.71. The van der Waals surface area contributed by atoms with Crippen LogP contribution < -0.4 is 4.74 Å². The van der Waals surface area contributed by atoms with Crippen LogP contribution in [0.1, 0.15) is 30.1 Å². The first kappa shape index (κ1) is 14.9. The second-order valence-corrected chi connectivity index (χ2v) is 5.51. The van der Waals surface area contributed by atoms with Crippen molar-refractivity contribution in [1.82, 2.24) is 4.90 Å². The minimum Gasteiger partial charge on any atom is -0.490 e. The van der Waals surface area contributed by atoms with Crippen molar-refractivity contribution in [2.24, 2.45) is 5.92 Å². The average Bonchev–Trinajstić information content (AvgIpc) is 2.46. The Morgan fingerprint density at radius 1 is 1.45 bits per heavy atom. The van der Waals surface area contributed by atoms with Gasteiger partial charge in [-0.1, -0.05) is 6.07 Å². The molecule has 0 radical (unpaired) electrons. The highest BCUT2D eigenvalue weighted by Crippen LogP contribution is 2.23. The molecule has 4 heteroatoms. The van der Waals surface area contributed by atoms with Gasteiger partial charge >= 0.3 is 5.97 Å². The third-order valence-corrected chi connectivity index (χ3v) is 3.90. The van der Waals surface area contributed by atoms with Crippen LogP contribution in [0.2, 0.25) is 0 Å². The lowest BCUT2D eigenvalue weighted by Crippen LogP contribution is -2.39. The molecular weight excluding hydrogens is 254 g/mol. The summed E-state index contributed by atoms with van der Waals surface area (Å²) in [5.41, 5.74) is 0.526. The summed E-state index contributed by atoms with van der Waals surface area (Å²) in [5.74, 6) is 0.935. The maximum Gasteiger partial charge on any atom is 0.337 e. The predicted molar refractivity (Wildman–Crippen MR) is 78.1 cm³/mol. The maximum atomic E-state index is 11.5. The lowest BCUT2D eigenvalue weighted by Gasteiger charge is -2.33. The molecule has 1 fully saturated rings. The van der Waals surface area contributed by atoms with Gasteiger partial charge in [-0.15, -0.1) is 0 Å². The maximum absolute atomic E-state index is 11.5. The molecule has 0 N–H and O–H groups in total. The molecule has 110 valence electrons. The van der Waals surface area contributed by atoms with Gasteiger partial charge in [-0.05, 0) is 51.6 Å². The van der Waals surface area contributed by atoms with Crippen LogP contribution in [-0.2, 0) is 4.74 Å². The van der Waals surface area contributed by atoms with Crippen molar-refractivity contribution in [2.75, 3.05) is 27.2 Å². The van der Waals surface area contributed by atoms with Gasteiger partial charge in [0.2, 0.25) is 0 Å². The van der Waals surface area contributed by atoms with Crippen molar-refractivity contribution >= 4 is 5.97 Å². The SMILES string of the molecule is COC(=O)c1cccc(OC(C)C2CCCN(C)C2)c1. The zero-order valence-corrected chi connectivity index (χ0v) is 12.5. The molecule has 0 aromatic heterocycles. The second kappa shape index (κ2) is 6.75. The van der Waals surface area contributed by atoms with Crippen molar-refractivity contribution in [2.45, 2.75) is 25.9 Å². The highest BCUT2D eigenvalue weighted by Gasteiger charge is 2.24. The molecule has 4 nitrogen and oxygen atoms in total. The number of hydrogen-bond donors (Lipinski definition) is 0. The molecule has 1 aromatic rings. The largest absolute Gasteiger partial charge is 0.490 e. The fraction of sp³-hybridized carbons (Fsp3) is 0.562. The van der Waals surface area contributed by atoms with Gasteiger partial charge < -0.3 is 14.4 Å². The average molecular weight is 277 g/mol. The van der Waals surface area contributed by atoms with Crippen LogP contribution in [-0.4, -0.2) is 44.2 Å². The number of benzene rings is 1. The monoisotopic (exact) mass is 277 g/mol. The number of hydrogen-bond acceptors (Lipinski definition) is 4. The number of carbonyl (C=O) groups is 1. The first-order valence-electron chi connectivity index (χ1n) is 7.13. The van der Waals surface area contributed by atoms with E-state index >= 15 is 0 Å². The van der Waals surface area contributed by atoms with E-state index in [0.717, 1.165) is 12.3 Å². The number of rotatable bonds is 4. The van der Waals surface area contributed by atoms with Gasteiger partial charge in [0.05, 0.1) is 18.8 Å². The second-order valence-electron chi connectivity index (χ2n) is 5.51. The van der Waals surface area contributed by atoms with Gasteiger partial charge in [-0.3, -0.25) is 0 Å². The standard InChI is InChI=1S/C16H23NO3/c1-12(14-7-5-9-17(2)11-14)20-15-8-4-6-13(10-15)16(18)19-3/h4,6,8,10,12,14H,5,7,9,11H2,1-3H3. The van der Waals surface area contributed by atoms with E-state index in [1.807, 2.05) is 12.1 Å². The first-order valence-corrected chi connectivity index (χ1v) is 7.13. The van der Waals surface area contributed by atoms with E-state index < -0.39 is 0 Å². The van der Waals surface area contributed by atoms with Crippen LogP contribution >= 0.6 is 0 Å². The predicted octanol–water partition coefficient (Wildman–Crippen LogP) is 2.58. The van der Waals surface area contributed by atoms with Crippen LogP contribution in [0, 0.1) is 5.92 Å². The smallest absolute Gasteiger partial charge is 0.337 e. The molecule has 1 aromatic carbocycles. The lowest BCUT2D eigenvalue weighted by atomic mass is 9.93. The van der Waals surface area contributed by atoms with E-state index in [0.29, 0.717) is 11.5 Å². The van der Waals surface area contributed by atoms with Gasteiger partial charge in [0.25, 0.3) is 0 Å². The summed E-state index contributed by atoms with van der Waals surface area (Å²) in [6.45, 7) is 4.34.